The fourth-order valence-corrected chi connectivity index (χ4v) is 1.97. The van der Waals surface area contributed by atoms with Gasteiger partial charge in [0.25, 0.3) is 0 Å². The smallest absolute Gasteiger partial charge is 0.165 e. The highest BCUT2D eigenvalue weighted by Crippen LogP contribution is 2.35. The second kappa shape index (κ2) is 4.89. The molecule has 0 radical (unpaired) electrons. The number of phenols is 1. The van der Waals surface area contributed by atoms with Crippen LogP contribution in [0.4, 0.5) is 10.2 Å². The van der Waals surface area contributed by atoms with Crippen molar-refractivity contribution in [3.8, 4) is 16.9 Å². The van der Waals surface area contributed by atoms with E-state index >= 15 is 0 Å². The van der Waals surface area contributed by atoms with E-state index in [2.05, 4.69) is 5.10 Å². The molecule has 0 spiro atoms. The molecule has 0 fully saturated rings. The topological polar surface area (TPSA) is 67.3 Å². The number of aryl methyl sites for hydroxylation is 1. The number of benzene rings is 1. The van der Waals surface area contributed by atoms with Crippen molar-refractivity contribution in [2.24, 2.45) is 7.05 Å². The molecule has 0 bridgehead atoms. The lowest BCUT2D eigenvalue weighted by atomic mass is 10.0. The van der Waals surface area contributed by atoms with Crippen molar-refractivity contribution >= 4 is 5.82 Å². The molecular weight excluding hydrogens is 247 g/mol. The van der Waals surface area contributed by atoms with E-state index in [1.54, 1.807) is 13.1 Å². The number of hydrogen-bond acceptors (Lipinski definition) is 4. The van der Waals surface area contributed by atoms with Crippen LogP contribution in [0, 0.1) is 5.82 Å². The largest absolute Gasteiger partial charge is 0.504 e. The molecule has 102 valence electrons. The van der Waals surface area contributed by atoms with Crippen molar-refractivity contribution in [2.75, 3.05) is 19.8 Å². The Labute approximate surface area is 111 Å². The van der Waals surface area contributed by atoms with Crippen LogP contribution < -0.4 is 5.73 Å². The molecule has 0 amide bonds. The number of hydrogen-bond donors (Lipinski definition) is 2. The van der Waals surface area contributed by atoms with Gasteiger partial charge in [-0.05, 0) is 31.8 Å². The highest BCUT2D eigenvalue weighted by molar-refractivity contribution is 5.78. The molecule has 19 heavy (non-hydrogen) atoms. The van der Waals surface area contributed by atoms with Crippen LogP contribution in [0.5, 0.6) is 5.75 Å². The van der Waals surface area contributed by atoms with Crippen LogP contribution in [-0.4, -0.2) is 33.9 Å². The van der Waals surface area contributed by atoms with Crippen molar-refractivity contribution in [1.82, 2.24) is 14.7 Å². The summed E-state index contributed by atoms with van der Waals surface area (Å²) in [5.41, 5.74) is 7.51. The van der Waals surface area contributed by atoms with Crippen LogP contribution in [-0.2, 0) is 13.6 Å². The minimum Gasteiger partial charge on any atom is -0.504 e. The fraction of sp³-hybridized carbons (Fsp3) is 0.308. The van der Waals surface area contributed by atoms with E-state index in [1.165, 1.54) is 16.9 Å². The maximum Gasteiger partial charge on any atom is 0.165 e. The van der Waals surface area contributed by atoms with Crippen LogP contribution in [0.25, 0.3) is 11.1 Å². The lowest BCUT2D eigenvalue weighted by molar-refractivity contribution is 0.398. The Morgan fingerprint density at radius 2 is 2.05 bits per heavy atom. The molecule has 3 N–H and O–H groups in total. The third-order valence-electron chi connectivity index (χ3n) is 2.90. The van der Waals surface area contributed by atoms with E-state index in [4.69, 9.17) is 5.73 Å². The van der Waals surface area contributed by atoms with E-state index in [9.17, 15) is 9.50 Å². The predicted molar refractivity (Wildman–Crippen MR) is 72.1 cm³/mol. The standard InChI is InChI=1S/C13H17FN4O/c1-17(2)7-8-4-9(12(19)11(14)5-8)10-6-16-18(3)13(10)15/h4-6,19H,7,15H2,1-3H3. The summed E-state index contributed by atoms with van der Waals surface area (Å²) in [6.07, 6.45) is 1.52. The first-order valence-electron chi connectivity index (χ1n) is 5.84. The van der Waals surface area contributed by atoms with Crippen molar-refractivity contribution in [3.05, 3.63) is 29.7 Å². The molecule has 0 aliphatic heterocycles. The van der Waals surface area contributed by atoms with Gasteiger partial charge in [0.2, 0.25) is 0 Å². The van der Waals surface area contributed by atoms with Gasteiger partial charge in [-0.25, -0.2) is 4.39 Å². The number of rotatable bonds is 3. The third kappa shape index (κ3) is 2.53. The summed E-state index contributed by atoms with van der Waals surface area (Å²) in [4.78, 5) is 1.92. The molecular formula is C13H17FN4O. The summed E-state index contributed by atoms with van der Waals surface area (Å²) < 4.78 is 15.3. The van der Waals surface area contributed by atoms with Crippen molar-refractivity contribution < 1.29 is 9.50 Å². The van der Waals surface area contributed by atoms with Gasteiger partial charge in [0.1, 0.15) is 5.82 Å². The summed E-state index contributed by atoms with van der Waals surface area (Å²) in [6, 6.07) is 3.05. The average molecular weight is 264 g/mol. The highest BCUT2D eigenvalue weighted by atomic mass is 19.1. The second-order valence-corrected chi connectivity index (χ2v) is 4.78. The quantitative estimate of drug-likeness (QED) is 0.883. The number of halogens is 1. The molecule has 1 aromatic carbocycles. The average Bonchev–Trinajstić information content (AvgIpc) is 2.64. The van der Waals surface area contributed by atoms with Gasteiger partial charge >= 0.3 is 0 Å². The van der Waals surface area contributed by atoms with Gasteiger partial charge in [-0.2, -0.15) is 5.10 Å². The van der Waals surface area contributed by atoms with Crippen LogP contribution in [0.2, 0.25) is 0 Å². The van der Waals surface area contributed by atoms with Crippen molar-refractivity contribution in [3.63, 3.8) is 0 Å². The second-order valence-electron chi connectivity index (χ2n) is 4.78. The first-order valence-corrected chi connectivity index (χ1v) is 5.84. The fourth-order valence-electron chi connectivity index (χ4n) is 1.97. The van der Waals surface area contributed by atoms with Crippen LogP contribution in [0.3, 0.4) is 0 Å². The lowest BCUT2D eigenvalue weighted by Crippen LogP contribution is -2.11. The number of nitrogens with two attached hydrogens (primary N) is 1. The van der Waals surface area contributed by atoms with Gasteiger partial charge in [0.15, 0.2) is 11.6 Å². The number of nitrogen functional groups attached to an aromatic ring is 1. The molecule has 2 aromatic rings. The summed E-state index contributed by atoms with van der Waals surface area (Å²) >= 11 is 0. The zero-order valence-electron chi connectivity index (χ0n) is 11.2. The summed E-state index contributed by atoms with van der Waals surface area (Å²) in [6.45, 7) is 0.574. The Bertz CT molecular complexity index is 607. The molecule has 0 saturated heterocycles. The SMILES string of the molecule is CN(C)Cc1cc(F)c(O)c(-c2cnn(C)c2N)c1. The van der Waals surface area contributed by atoms with Crippen LogP contribution >= 0.6 is 0 Å². The van der Waals surface area contributed by atoms with E-state index in [0.29, 0.717) is 23.5 Å². The molecule has 2 rings (SSSR count). The van der Waals surface area contributed by atoms with Gasteiger partial charge in [-0.3, -0.25) is 4.68 Å². The minimum absolute atomic E-state index is 0.363. The summed E-state index contributed by atoms with van der Waals surface area (Å²) in [7, 11) is 5.47. The first kappa shape index (κ1) is 13.4. The Hall–Kier alpha value is -2.08. The number of aromatic nitrogens is 2. The molecule has 0 unspecified atom stereocenters. The normalized spacial score (nSPS) is 11.2. The molecule has 5 nitrogen and oxygen atoms in total. The van der Waals surface area contributed by atoms with Gasteiger partial charge in [-0.15, -0.1) is 0 Å². The van der Waals surface area contributed by atoms with Crippen LogP contribution in [0.15, 0.2) is 18.3 Å². The Morgan fingerprint density at radius 3 is 2.58 bits per heavy atom. The molecule has 6 heteroatoms. The molecule has 0 aliphatic carbocycles. The molecule has 0 atom stereocenters. The zero-order valence-corrected chi connectivity index (χ0v) is 11.2. The zero-order chi connectivity index (χ0) is 14.2. The van der Waals surface area contributed by atoms with Gasteiger partial charge in [0, 0.05) is 24.7 Å². The summed E-state index contributed by atoms with van der Waals surface area (Å²) in [5.74, 6) is -0.670. The summed E-state index contributed by atoms with van der Waals surface area (Å²) in [5, 5.41) is 13.9. The molecule has 0 saturated carbocycles. The van der Waals surface area contributed by atoms with Gasteiger partial charge < -0.3 is 15.7 Å². The predicted octanol–water partition coefficient (Wildman–Crippen LogP) is 1.58. The van der Waals surface area contributed by atoms with Crippen molar-refractivity contribution in [1.29, 1.82) is 0 Å². The number of nitrogens with zero attached hydrogens (tertiary/aromatic N) is 3. The van der Waals surface area contributed by atoms with E-state index in [0.717, 1.165) is 5.56 Å². The molecule has 0 aliphatic rings. The maximum absolute atomic E-state index is 13.8. The van der Waals surface area contributed by atoms with Gasteiger partial charge in [-0.1, -0.05) is 0 Å². The number of anilines is 1. The minimum atomic E-state index is -0.655. The first-order chi connectivity index (χ1) is 8.90. The monoisotopic (exact) mass is 264 g/mol. The highest BCUT2D eigenvalue weighted by Gasteiger charge is 2.16. The molecule has 1 aromatic heterocycles. The molecule has 1 heterocycles. The maximum atomic E-state index is 13.8. The lowest BCUT2D eigenvalue weighted by Gasteiger charge is -2.12. The van der Waals surface area contributed by atoms with Gasteiger partial charge in [0.05, 0.1) is 6.20 Å². The van der Waals surface area contributed by atoms with Crippen molar-refractivity contribution in [2.45, 2.75) is 6.54 Å². The Morgan fingerprint density at radius 1 is 1.37 bits per heavy atom. The van der Waals surface area contributed by atoms with E-state index < -0.39 is 11.6 Å². The van der Waals surface area contributed by atoms with Crippen LogP contribution in [0.1, 0.15) is 5.56 Å². The number of phenolic OH excluding ortho intramolecular Hbond substituents is 1. The van der Waals surface area contributed by atoms with E-state index in [1.807, 2.05) is 19.0 Å². The Kier molecular flexibility index (Phi) is 3.44. The third-order valence-corrected chi connectivity index (χ3v) is 2.90. The van der Waals surface area contributed by atoms with E-state index in [-0.39, 0.29) is 0 Å². The Balaban J connectivity index is 2.56. The number of aromatic hydroxyl groups is 1.